The molecule has 240 valence electrons. The van der Waals surface area contributed by atoms with Gasteiger partial charge in [-0.25, -0.2) is 12.7 Å². The topological polar surface area (TPSA) is 126 Å². The van der Waals surface area contributed by atoms with Crippen LogP contribution >= 0.6 is 11.6 Å². The summed E-state index contributed by atoms with van der Waals surface area (Å²) >= 11 is 6.36. The van der Waals surface area contributed by atoms with E-state index in [-0.39, 0.29) is 46.5 Å². The second kappa shape index (κ2) is 11.8. The van der Waals surface area contributed by atoms with E-state index >= 15 is 4.79 Å². The van der Waals surface area contributed by atoms with Crippen molar-refractivity contribution in [3.63, 3.8) is 0 Å². The minimum atomic E-state index is -4.65. The van der Waals surface area contributed by atoms with E-state index in [4.69, 9.17) is 25.8 Å². The summed E-state index contributed by atoms with van der Waals surface area (Å²) in [5, 5.41) is 11.3. The number of ether oxygens (including phenoxy) is 3. The predicted octanol–water partition coefficient (Wildman–Crippen LogP) is 3.49. The van der Waals surface area contributed by atoms with Gasteiger partial charge in [0, 0.05) is 42.9 Å². The first kappa shape index (κ1) is 32.6. The number of aryl methyl sites for hydroxylation is 2. The van der Waals surface area contributed by atoms with Crippen molar-refractivity contribution in [2.45, 2.75) is 42.8 Å². The highest BCUT2D eigenvalue weighted by Gasteiger charge is 2.64. The number of hydrogen-bond acceptors (Lipinski definition) is 9. The van der Waals surface area contributed by atoms with E-state index in [9.17, 15) is 18.3 Å². The number of nitrogens with zero attached hydrogens (tertiary/aromatic N) is 3. The van der Waals surface area contributed by atoms with Crippen LogP contribution in [0.3, 0.4) is 0 Å². The fraction of sp³-hybridized carbons (Fsp3) is 0.375. The number of carbonyl (C=O) groups is 2. The van der Waals surface area contributed by atoms with Gasteiger partial charge >= 0.3 is 0 Å². The number of likely N-dealkylation sites (N-methyl/N-ethyl adjacent to an activating group) is 1. The molecule has 0 spiro atoms. The van der Waals surface area contributed by atoms with Crippen molar-refractivity contribution in [2.24, 2.45) is 0 Å². The lowest BCUT2D eigenvalue weighted by molar-refractivity contribution is -0.138. The van der Waals surface area contributed by atoms with E-state index in [1.807, 2.05) is 13.8 Å². The largest absolute Gasteiger partial charge is 0.497 e. The quantitative estimate of drug-likeness (QED) is 0.388. The highest BCUT2D eigenvalue weighted by atomic mass is 35.5. The Morgan fingerprint density at radius 1 is 0.956 bits per heavy atom. The number of hydrogen-bond donors (Lipinski definition) is 1. The average molecular weight is 658 g/mol. The van der Waals surface area contributed by atoms with E-state index in [0.717, 1.165) is 15.4 Å². The molecule has 45 heavy (non-hydrogen) atoms. The Morgan fingerprint density at radius 2 is 1.62 bits per heavy atom. The second-order valence-electron chi connectivity index (χ2n) is 11.4. The lowest BCUT2D eigenvalue weighted by Gasteiger charge is -2.42. The smallest absolute Gasteiger partial charge is 0.274 e. The van der Waals surface area contributed by atoms with Gasteiger partial charge in [-0.2, -0.15) is 0 Å². The monoisotopic (exact) mass is 657 g/mol. The van der Waals surface area contributed by atoms with Crippen LogP contribution < -0.4 is 18.5 Å². The highest BCUT2D eigenvalue weighted by Crippen LogP contribution is 2.55. The number of rotatable bonds is 8. The van der Waals surface area contributed by atoms with Gasteiger partial charge in [0.1, 0.15) is 22.1 Å². The van der Waals surface area contributed by atoms with Crippen LogP contribution in [0.1, 0.15) is 28.7 Å². The molecule has 2 amide bonds. The van der Waals surface area contributed by atoms with Crippen molar-refractivity contribution in [3.8, 4) is 17.2 Å². The Balaban J connectivity index is 1.90. The third kappa shape index (κ3) is 5.00. The number of aliphatic hydroxyl groups is 1. The molecule has 5 rings (SSSR count). The van der Waals surface area contributed by atoms with Gasteiger partial charge in [-0.1, -0.05) is 23.7 Å². The maximum Gasteiger partial charge on any atom is 0.274 e. The van der Waals surface area contributed by atoms with Gasteiger partial charge in [-0.05, 0) is 61.7 Å². The lowest BCUT2D eigenvalue weighted by atomic mass is 9.80. The summed E-state index contributed by atoms with van der Waals surface area (Å²) in [5.41, 5.74) is 0.298. The molecule has 0 aliphatic carbocycles. The Bertz CT molecular complexity index is 1800. The maximum absolute atomic E-state index is 15.4. The minimum absolute atomic E-state index is 0.0219. The van der Waals surface area contributed by atoms with E-state index in [1.54, 1.807) is 43.3 Å². The molecule has 1 unspecified atom stereocenters. The molecule has 3 atom stereocenters. The highest BCUT2D eigenvalue weighted by molar-refractivity contribution is 7.93. The third-order valence-corrected chi connectivity index (χ3v) is 10.6. The van der Waals surface area contributed by atoms with Gasteiger partial charge in [0.15, 0.2) is 5.54 Å². The third-order valence-electron chi connectivity index (χ3n) is 8.59. The summed E-state index contributed by atoms with van der Waals surface area (Å²) in [6.07, 6.45) is -0.953. The summed E-state index contributed by atoms with van der Waals surface area (Å²) < 4.78 is 46.6. The van der Waals surface area contributed by atoms with E-state index in [0.29, 0.717) is 16.3 Å². The summed E-state index contributed by atoms with van der Waals surface area (Å²) in [4.78, 5) is 31.8. The molecule has 3 aromatic carbocycles. The number of halogens is 1. The van der Waals surface area contributed by atoms with Crippen LogP contribution in [0.25, 0.3) is 0 Å². The molecule has 13 heteroatoms. The molecule has 1 fully saturated rings. The number of β-amino-alcohol motifs (C(OH)–C–C–N with tert-alkyl or cyclic N) is 1. The molecule has 0 bridgehead atoms. The van der Waals surface area contributed by atoms with Crippen LogP contribution in [0.4, 0.5) is 5.69 Å². The molecular weight excluding hydrogens is 622 g/mol. The molecular formula is C32H36ClN3O8S. The predicted molar refractivity (Wildman–Crippen MR) is 169 cm³/mol. The van der Waals surface area contributed by atoms with Crippen LogP contribution in [0, 0.1) is 13.8 Å². The number of likely N-dealkylation sites (tertiary alicyclic amines) is 1. The molecule has 2 aliphatic rings. The molecule has 3 aromatic rings. The van der Waals surface area contributed by atoms with Crippen molar-refractivity contribution in [1.29, 1.82) is 0 Å². The van der Waals surface area contributed by atoms with E-state index < -0.39 is 33.6 Å². The molecule has 0 radical (unpaired) electrons. The van der Waals surface area contributed by atoms with E-state index in [1.165, 1.54) is 50.5 Å². The van der Waals surface area contributed by atoms with Gasteiger partial charge in [-0.15, -0.1) is 0 Å². The maximum atomic E-state index is 15.4. The standard InChI is InChI=1S/C32H36ClN3O8S/c1-18-12-24-25(13-19(18)2)36(45(40,41)29-11-9-22(42-5)16-28(29)44-7)31(39)32(24,23-10-8-20(33)14-27(23)43-6)35-17-21(37)15-26(35)30(38)34(3)4/h8-14,16,21,26,37H,15,17H2,1-7H3/t21-,26+,32?/m1/s1. The summed E-state index contributed by atoms with van der Waals surface area (Å²) in [7, 11) is 2.71. The Hall–Kier alpha value is -3.84. The van der Waals surface area contributed by atoms with Crippen molar-refractivity contribution >= 4 is 39.1 Å². The fourth-order valence-electron chi connectivity index (χ4n) is 6.33. The summed E-state index contributed by atoms with van der Waals surface area (Å²) in [6, 6.07) is 11.4. The second-order valence-corrected chi connectivity index (χ2v) is 13.6. The average Bonchev–Trinajstić information content (AvgIpc) is 3.51. The van der Waals surface area contributed by atoms with Gasteiger partial charge < -0.3 is 24.2 Å². The lowest BCUT2D eigenvalue weighted by Crippen LogP contribution is -2.59. The van der Waals surface area contributed by atoms with Crippen LogP contribution in [-0.4, -0.2) is 89.3 Å². The van der Waals surface area contributed by atoms with Gasteiger partial charge in [0.05, 0.1) is 39.2 Å². The summed E-state index contributed by atoms with van der Waals surface area (Å²) in [5.74, 6) is -0.673. The van der Waals surface area contributed by atoms with Crippen LogP contribution in [-0.2, 0) is 25.2 Å². The zero-order valence-electron chi connectivity index (χ0n) is 26.1. The van der Waals surface area contributed by atoms with Crippen molar-refractivity contribution < 1.29 is 37.3 Å². The number of anilines is 1. The number of fused-ring (bicyclic) bond motifs is 1. The fourth-order valence-corrected chi connectivity index (χ4v) is 8.08. The molecule has 0 aromatic heterocycles. The van der Waals surface area contributed by atoms with Crippen LogP contribution in [0.5, 0.6) is 17.2 Å². The Labute approximate surface area is 267 Å². The Morgan fingerprint density at radius 3 is 2.24 bits per heavy atom. The molecule has 2 heterocycles. The first-order valence-electron chi connectivity index (χ1n) is 14.2. The number of carbonyl (C=O) groups excluding carboxylic acids is 2. The molecule has 0 saturated carbocycles. The van der Waals surface area contributed by atoms with E-state index in [2.05, 4.69) is 0 Å². The van der Waals surface area contributed by atoms with Crippen molar-refractivity contribution in [1.82, 2.24) is 9.80 Å². The molecule has 1 saturated heterocycles. The number of sulfonamides is 1. The molecule has 11 nitrogen and oxygen atoms in total. The normalized spacial score (nSPS) is 21.5. The van der Waals surface area contributed by atoms with Crippen molar-refractivity contribution in [2.75, 3.05) is 46.3 Å². The van der Waals surface area contributed by atoms with Crippen LogP contribution in [0.2, 0.25) is 5.02 Å². The molecule has 1 N–H and O–H groups in total. The SMILES string of the molecule is COc1ccc(S(=O)(=O)N2C(=O)C(c3ccc(Cl)cc3OC)(N3C[C@H](O)C[C@H]3C(=O)N(C)C)c3cc(C)c(C)cc32)c(OC)c1. The Kier molecular flexibility index (Phi) is 8.56. The zero-order valence-corrected chi connectivity index (χ0v) is 27.7. The van der Waals surface area contributed by atoms with Crippen molar-refractivity contribution in [3.05, 3.63) is 75.8 Å². The van der Waals surface area contributed by atoms with Gasteiger partial charge in [0.25, 0.3) is 15.9 Å². The zero-order chi connectivity index (χ0) is 33.0. The molecule has 2 aliphatic heterocycles. The first-order valence-corrected chi connectivity index (χ1v) is 16.0. The first-order chi connectivity index (χ1) is 21.2. The summed E-state index contributed by atoms with van der Waals surface area (Å²) in [6.45, 7) is 3.57. The number of amides is 2. The van der Waals surface area contributed by atoms with Gasteiger partial charge in [-0.3, -0.25) is 14.5 Å². The van der Waals surface area contributed by atoms with Crippen LogP contribution in [0.15, 0.2) is 53.4 Å². The number of aliphatic hydroxyl groups excluding tert-OH is 1. The number of benzene rings is 3. The minimum Gasteiger partial charge on any atom is -0.497 e. The van der Waals surface area contributed by atoms with Gasteiger partial charge in [0.2, 0.25) is 5.91 Å². The number of methoxy groups -OCH3 is 3.